The van der Waals surface area contributed by atoms with Gasteiger partial charge in [0.25, 0.3) is 0 Å². The molecule has 0 aromatic carbocycles. The van der Waals surface area contributed by atoms with Crippen LogP contribution in [0.5, 0.6) is 0 Å². The zero-order valence-electron chi connectivity index (χ0n) is 20.4. The molecule has 0 saturated heterocycles. The standard InChI is InChI=1S/C16H33NO2.C4H10O4S.H2O4S/c1-15(2)14-19-16(18)12-10-8-6-4-3-5-7-9-11-13-17;1-4(2)3-8-9(5,6)7;1-5(2,3)4/h15H,3-14,17H2,1-2H3;4H,3H2,1-2H3,(H,5,6,7);(H2,1,2,3,4). The number of unbranched alkanes of at least 4 members (excludes halogenated alkanes) is 8. The van der Waals surface area contributed by atoms with Gasteiger partial charge < -0.3 is 10.5 Å². The van der Waals surface area contributed by atoms with Gasteiger partial charge in [0, 0.05) is 6.42 Å². The third kappa shape index (κ3) is 54.0. The van der Waals surface area contributed by atoms with Crippen molar-refractivity contribution >= 4 is 26.8 Å². The van der Waals surface area contributed by atoms with Crippen LogP contribution in [-0.2, 0) is 34.5 Å². The number of carbonyl (C=O) groups is 1. The Labute approximate surface area is 200 Å². The van der Waals surface area contributed by atoms with Crippen molar-refractivity contribution < 1.29 is 44.2 Å². The Hall–Kier alpha value is -0.830. The van der Waals surface area contributed by atoms with Gasteiger partial charge in [-0.15, -0.1) is 0 Å². The van der Waals surface area contributed by atoms with Gasteiger partial charge in [-0.1, -0.05) is 72.6 Å². The quantitative estimate of drug-likeness (QED) is 0.130. The number of hydrogen-bond donors (Lipinski definition) is 4. The Morgan fingerprint density at radius 1 is 0.727 bits per heavy atom. The van der Waals surface area contributed by atoms with Crippen LogP contribution in [-0.4, -0.2) is 56.2 Å². The third-order valence-electron chi connectivity index (χ3n) is 3.71. The van der Waals surface area contributed by atoms with Crippen LogP contribution in [0.25, 0.3) is 0 Å². The highest BCUT2D eigenvalue weighted by molar-refractivity contribution is 7.80. The summed E-state index contributed by atoms with van der Waals surface area (Å²) in [6.07, 6.45) is 11.7. The highest BCUT2D eigenvalue weighted by Gasteiger charge is 2.05. The van der Waals surface area contributed by atoms with Crippen molar-refractivity contribution in [2.75, 3.05) is 19.8 Å². The number of rotatable bonds is 16. The van der Waals surface area contributed by atoms with Gasteiger partial charge in [-0.3, -0.25) is 18.5 Å². The second-order valence-electron chi connectivity index (χ2n) is 8.35. The van der Waals surface area contributed by atoms with Crippen LogP contribution in [0.15, 0.2) is 0 Å². The molecule has 0 fully saturated rings. The van der Waals surface area contributed by atoms with E-state index in [1.165, 1.54) is 44.9 Å². The average molecular weight is 524 g/mol. The maximum atomic E-state index is 11.4. The number of esters is 1. The van der Waals surface area contributed by atoms with Gasteiger partial charge in [-0.25, -0.2) is 4.18 Å². The lowest BCUT2D eigenvalue weighted by Crippen LogP contribution is -2.09. The molecule has 0 aromatic rings. The summed E-state index contributed by atoms with van der Waals surface area (Å²) >= 11 is 0. The summed E-state index contributed by atoms with van der Waals surface area (Å²) < 4.78 is 68.5. The summed E-state index contributed by atoms with van der Waals surface area (Å²) in [6.45, 7) is 9.09. The molecule has 202 valence electrons. The number of ether oxygens (including phenoxy) is 1. The lowest BCUT2D eigenvalue weighted by Gasteiger charge is -2.06. The fourth-order valence-corrected chi connectivity index (χ4v) is 2.65. The van der Waals surface area contributed by atoms with Crippen LogP contribution >= 0.6 is 0 Å². The first-order valence-corrected chi connectivity index (χ1v) is 14.0. The van der Waals surface area contributed by atoms with E-state index in [4.69, 9.17) is 32.5 Å². The lowest BCUT2D eigenvalue weighted by atomic mass is 10.1. The summed E-state index contributed by atoms with van der Waals surface area (Å²) in [6, 6.07) is 0. The molecule has 13 heteroatoms. The lowest BCUT2D eigenvalue weighted by molar-refractivity contribution is -0.144. The molecule has 0 radical (unpaired) electrons. The maximum Gasteiger partial charge on any atom is 0.397 e. The Balaban J connectivity index is -0.000000529. The zero-order chi connectivity index (χ0) is 26.3. The number of hydrogen-bond acceptors (Lipinski definition) is 8. The van der Waals surface area contributed by atoms with E-state index in [0.29, 0.717) is 18.9 Å². The van der Waals surface area contributed by atoms with Gasteiger partial charge in [-0.05, 0) is 31.2 Å². The highest BCUT2D eigenvalue weighted by Crippen LogP contribution is 2.10. The van der Waals surface area contributed by atoms with E-state index in [-0.39, 0.29) is 18.5 Å². The number of nitrogens with two attached hydrogens (primary N) is 1. The average Bonchev–Trinajstić information content (AvgIpc) is 2.65. The Morgan fingerprint density at radius 2 is 1.09 bits per heavy atom. The van der Waals surface area contributed by atoms with Crippen molar-refractivity contribution in [1.82, 2.24) is 0 Å². The molecule has 0 aliphatic carbocycles. The van der Waals surface area contributed by atoms with Crippen LogP contribution in [0, 0.1) is 11.8 Å². The van der Waals surface area contributed by atoms with Crippen molar-refractivity contribution in [3.8, 4) is 0 Å². The van der Waals surface area contributed by atoms with E-state index in [0.717, 1.165) is 19.4 Å². The smallest absolute Gasteiger partial charge is 0.397 e. The predicted octanol–water partition coefficient (Wildman–Crippen LogP) is 3.85. The molecule has 0 heterocycles. The van der Waals surface area contributed by atoms with E-state index in [9.17, 15) is 13.2 Å². The molecule has 33 heavy (non-hydrogen) atoms. The van der Waals surface area contributed by atoms with E-state index in [1.807, 2.05) is 0 Å². The van der Waals surface area contributed by atoms with Crippen molar-refractivity contribution in [2.24, 2.45) is 17.6 Å². The molecule has 0 saturated carbocycles. The van der Waals surface area contributed by atoms with Crippen molar-refractivity contribution in [3.05, 3.63) is 0 Å². The van der Waals surface area contributed by atoms with Crippen molar-refractivity contribution in [3.63, 3.8) is 0 Å². The molecule has 0 aliphatic rings. The van der Waals surface area contributed by atoms with Gasteiger partial charge in [0.1, 0.15) is 0 Å². The molecule has 0 rings (SSSR count). The molecule has 0 bridgehead atoms. The van der Waals surface area contributed by atoms with Crippen LogP contribution in [0.3, 0.4) is 0 Å². The molecule has 5 N–H and O–H groups in total. The summed E-state index contributed by atoms with van der Waals surface area (Å²) in [5.74, 6) is 0.505. The van der Waals surface area contributed by atoms with Gasteiger partial charge in [0.15, 0.2) is 0 Å². The fraction of sp³-hybridized carbons (Fsp3) is 0.950. The van der Waals surface area contributed by atoms with Crippen molar-refractivity contribution in [1.29, 1.82) is 0 Å². The minimum atomic E-state index is -4.67. The van der Waals surface area contributed by atoms with Crippen molar-refractivity contribution in [2.45, 2.75) is 91.9 Å². The summed E-state index contributed by atoms with van der Waals surface area (Å²) in [5, 5.41) is 0. The molecule has 0 spiro atoms. The molecule has 0 atom stereocenters. The van der Waals surface area contributed by atoms with Gasteiger partial charge in [0.2, 0.25) is 0 Å². The Kier molecular flexibility index (Phi) is 25.5. The normalized spacial score (nSPS) is 11.5. The minimum Gasteiger partial charge on any atom is -0.465 e. The second-order valence-corrected chi connectivity index (χ2v) is 10.3. The van der Waals surface area contributed by atoms with Crippen LogP contribution in [0.2, 0.25) is 0 Å². The largest absolute Gasteiger partial charge is 0.465 e. The predicted molar refractivity (Wildman–Crippen MR) is 128 cm³/mol. The van der Waals surface area contributed by atoms with E-state index >= 15 is 0 Å². The van der Waals surface area contributed by atoms with E-state index in [1.54, 1.807) is 13.8 Å². The first kappa shape index (κ1) is 36.7. The summed E-state index contributed by atoms with van der Waals surface area (Å²) in [5.41, 5.74) is 5.45. The monoisotopic (exact) mass is 523 g/mol. The first-order valence-electron chi connectivity index (χ1n) is 11.3. The third-order valence-corrected chi connectivity index (χ3v) is 4.15. The second kappa shape index (κ2) is 22.9. The highest BCUT2D eigenvalue weighted by atomic mass is 32.3. The minimum absolute atomic E-state index is 0.0266. The van der Waals surface area contributed by atoms with Crippen LogP contribution < -0.4 is 5.73 Å². The molecule has 0 aromatic heterocycles. The fourth-order valence-electron chi connectivity index (χ4n) is 2.20. The van der Waals surface area contributed by atoms with Gasteiger partial charge >= 0.3 is 26.8 Å². The van der Waals surface area contributed by atoms with Gasteiger partial charge in [0.05, 0.1) is 13.2 Å². The molecule has 0 aliphatic heterocycles. The van der Waals surface area contributed by atoms with Crippen LogP contribution in [0.4, 0.5) is 0 Å². The first-order chi connectivity index (χ1) is 15.1. The van der Waals surface area contributed by atoms with E-state index in [2.05, 4.69) is 18.0 Å². The van der Waals surface area contributed by atoms with Gasteiger partial charge in [-0.2, -0.15) is 16.8 Å². The molecule has 11 nitrogen and oxygen atoms in total. The Morgan fingerprint density at radius 3 is 1.39 bits per heavy atom. The zero-order valence-corrected chi connectivity index (χ0v) is 22.1. The topological polar surface area (TPSA) is 191 Å². The summed E-state index contributed by atoms with van der Waals surface area (Å²) in [7, 11) is -8.89. The SMILES string of the molecule is CC(C)COC(=O)CCCCCCCCCCCN.CC(C)COS(=O)(=O)O.O=S(=O)(O)O. The van der Waals surface area contributed by atoms with E-state index < -0.39 is 20.8 Å². The van der Waals surface area contributed by atoms with Crippen LogP contribution in [0.1, 0.15) is 91.9 Å². The molecule has 0 unspecified atom stereocenters. The molecule has 0 amide bonds. The number of carbonyl (C=O) groups excluding carboxylic acids is 1. The maximum absolute atomic E-state index is 11.4. The molecular weight excluding hydrogens is 478 g/mol. The summed E-state index contributed by atoms with van der Waals surface area (Å²) in [4.78, 5) is 11.4. The Bertz CT molecular complexity index is 642. The molecular formula is C20H45NO10S2.